The lowest BCUT2D eigenvalue weighted by Crippen LogP contribution is -2.08. The number of nitrogens with two attached hydrogens (primary N) is 1. The minimum absolute atomic E-state index is 0.193. The highest BCUT2D eigenvalue weighted by atomic mass is 32.1. The van der Waals surface area contributed by atoms with Crippen molar-refractivity contribution in [1.82, 2.24) is 0 Å². The van der Waals surface area contributed by atoms with Gasteiger partial charge in [-0.1, -0.05) is 12.1 Å². The first-order chi connectivity index (χ1) is 5.74. The summed E-state index contributed by atoms with van der Waals surface area (Å²) in [5.74, 6) is 0. The summed E-state index contributed by atoms with van der Waals surface area (Å²) in [7, 11) is 0. The van der Waals surface area contributed by atoms with Crippen LogP contribution in [0.25, 0.3) is 0 Å². The van der Waals surface area contributed by atoms with Crippen LogP contribution in [0.15, 0.2) is 29.2 Å². The number of thiol groups is 1. The van der Waals surface area contributed by atoms with Crippen LogP contribution in [-0.4, -0.2) is 0 Å². The molecular formula is C9H10N2S. The average Bonchev–Trinajstić information content (AvgIpc) is 2.05. The van der Waals surface area contributed by atoms with Crippen LogP contribution in [0.2, 0.25) is 0 Å². The summed E-state index contributed by atoms with van der Waals surface area (Å²) in [5.41, 5.74) is 6.68. The van der Waals surface area contributed by atoms with Crippen molar-refractivity contribution in [1.29, 1.82) is 5.26 Å². The summed E-state index contributed by atoms with van der Waals surface area (Å²) in [5, 5.41) is 8.42. The lowest BCUT2D eigenvalue weighted by atomic mass is 10.1. The molecule has 3 heteroatoms. The molecule has 1 atom stereocenters. The molecular weight excluding hydrogens is 168 g/mol. The van der Waals surface area contributed by atoms with Crippen LogP contribution in [0.3, 0.4) is 0 Å². The maximum atomic E-state index is 8.42. The zero-order chi connectivity index (χ0) is 8.97. The van der Waals surface area contributed by atoms with Crippen molar-refractivity contribution in [2.45, 2.75) is 17.4 Å². The van der Waals surface area contributed by atoms with Gasteiger partial charge in [0.05, 0.1) is 12.5 Å². The monoisotopic (exact) mass is 178 g/mol. The zero-order valence-corrected chi connectivity index (χ0v) is 7.46. The van der Waals surface area contributed by atoms with E-state index in [1.807, 2.05) is 30.3 Å². The van der Waals surface area contributed by atoms with Gasteiger partial charge in [0, 0.05) is 10.9 Å². The molecule has 0 saturated carbocycles. The Balaban J connectivity index is 2.82. The Hall–Kier alpha value is -0.980. The molecule has 0 aliphatic rings. The SMILES string of the molecule is N#CC[C@@H](N)c1cccc(S)c1. The van der Waals surface area contributed by atoms with E-state index in [4.69, 9.17) is 11.0 Å². The van der Waals surface area contributed by atoms with Gasteiger partial charge in [0.1, 0.15) is 0 Å². The summed E-state index contributed by atoms with van der Waals surface area (Å²) < 4.78 is 0. The second-order valence-electron chi connectivity index (χ2n) is 2.56. The molecule has 0 unspecified atom stereocenters. The first-order valence-electron chi connectivity index (χ1n) is 3.65. The van der Waals surface area contributed by atoms with Crippen LogP contribution >= 0.6 is 12.6 Å². The molecule has 0 fully saturated rings. The minimum atomic E-state index is -0.193. The molecule has 1 aromatic carbocycles. The zero-order valence-electron chi connectivity index (χ0n) is 6.57. The number of rotatable bonds is 2. The van der Waals surface area contributed by atoms with Gasteiger partial charge in [-0.25, -0.2) is 0 Å². The first-order valence-corrected chi connectivity index (χ1v) is 4.10. The van der Waals surface area contributed by atoms with Crippen molar-refractivity contribution in [3.63, 3.8) is 0 Å². The molecule has 0 amide bonds. The number of nitriles is 1. The standard InChI is InChI=1S/C9H10N2S/c10-5-4-9(11)7-2-1-3-8(12)6-7/h1-3,6,9,12H,4,11H2/t9-/m1/s1. The van der Waals surface area contributed by atoms with Crippen LogP contribution in [0.4, 0.5) is 0 Å². The second-order valence-corrected chi connectivity index (χ2v) is 3.08. The van der Waals surface area contributed by atoms with E-state index in [0.717, 1.165) is 10.5 Å². The summed E-state index contributed by atoms with van der Waals surface area (Å²) in [4.78, 5) is 0.876. The third-order valence-corrected chi connectivity index (χ3v) is 1.89. The van der Waals surface area contributed by atoms with E-state index in [-0.39, 0.29) is 6.04 Å². The molecule has 1 aromatic rings. The maximum absolute atomic E-state index is 8.42. The predicted octanol–water partition coefficient (Wildman–Crippen LogP) is 1.89. The second kappa shape index (κ2) is 4.15. The van der Waals surface area contributed by atoms with Crippen LogP contribution in [0.1, 0.15) is 18.0 Å². The molecule has 0 radical (unpaired) electrons. The highest BCUT2D eigenvalue weighted by Crippen LogP contribution is 2.16. The Morgan fingerprint density at radius 2 is 2.33 bits per heavy atom. The van der Waals surface area contributed by atoms with Crippen LogP contribution in [0, 0.1) is 11.3 Å². The molecule has 0 saturated heterocycles. The first kappa shape index (κ1) is 9.11. The Morgan fingerprint density at radius 1 is 1.58 bits per heavy atom. The summed E-state index contributed by atoms with van der Waals surface area (Å²) in [6.07, 6.45) is 0.344. The smallest absolute Gasteiger partial charge is 0.0641 e. The number of nitrogens with zero attached hydrogens (tertiary/aromatic N) is 1. The van der Waals surface area contributed by atoms with E-state index in [1.165, 1.54) is 0 Å². The van der Waals surface area contributed by atoms with Crippen molar-refractivity contribution in [2.75, 3.05) is 0 Å². The average molecular weight is 178 g/mol. The fraction of sp³-hybridized carbons (Fsp3) is 0.222. The van der Waals surface area contributed by atoms with Crippen LogP contribution in [-0.2, 0) is 0 Å². The third kappa shape index (κ3) is 2.26. The summed E-state index contributed by atoms with van der Waals surface area (Å²) >= 11 is 4.18. The van der Waals surface area contributed by atoms with E-state index >= 15 is 0 Å². The molecule has 0 aliphatic carbocycles. The van der Waals surface area contributed by atoms with Gasteiger partial charge in [-0.2, -0.15) is 5.26 Å². The molecule has 0 aromatic heterocycles. The van der Waals surface area contributed by atoms with Crippen molar-refractivity contribution >= 4 is 12.6 Å². The molecule has 12 heavy (non-hydrogen) atoms. The lowest BCUT2D eigenvalue weighted by molar-refractivity contribution is 0.746. The normalized spacial score (nSPS) is 12.1. The van der Waals surface area contributed by atoms with Crippen molar-refractivity contribution in [2.24, 2.45) is 5.73 Å². The molecule has 0 heterocycles. The van der Waals surface area contributed by atoms with E-state index in [1.54, 1.807) is 0 Å². The highest BCUT2D eigenvalue weighted by molar-refractivity contribution is 7.80. The highest BCUT2D eigenvalue weighted by Gasteiger charge is 2.03. The van der Waals surface area contributed by atoms with Crippen molar-refractivity contribution < 1.29 is 0 Å². The molecule has 62 valence electrons. The fourth-order valence-corrected chi connectivity index (χ4v) is 1.21. The Bertz CT molecular complexity index is 304. The van der Waals surface area contributed by atoms with E-state index in [9.17, 15) is 0 Å². The van der Waals surface area contributed by atoms with Crippen molar-refractivity contribution in [3.8, 4) is 6.07 Å². The van der Waals surface area contributed by atoms with Gasteiger partial charge < -0.3 is 5.73 Å². The Labute approximate surface area is 77.4 Å². The van der Waals surface area contributed by atoms with Crippen LogP contribution in [0.5, 0.6) is 0 Å². The van der Waals surface area contributed by atoms with Crippen LogP contribution < -0.4 is 5.73 Å². The van der Waals surface area contributed by atoms with E-state index in [2.05, 4.69) is 12.6 Å². The molecule has 0 bridgehead atoms. The lowest BCUT2D eigenvalue weighted by Gasteiger charge is -2.07. The molecule has 0 aliphatic heterocycles. The minimum Gasteiger partial charge on any atom is -0.323 e. The molecule has 2 N–H and O–H groups in total. The summed E-state index contributed by atoms with van der Waals surface area (Å²) in [6.45, 7) is 0. The number of hydrogen-bond acceptors (Lipinski definition) is 3. The van der Waals surface area contributed by atoms with Gasteiger partial charge in [0.2, 0.25) is 0 Å². The van der Waals surface area contributed by atoms with Gasteiger partial charge in [-0.3, -0.25) is 0 Å². The fourth-order valence-electron chi connectivity index (χ4n) is 0.972. The largest absolute Gasteiger partial charge is 0.323 e. The predicted molar refractivity (Wildman–Crippen MR) is 50.9 cm³/mol. The maximum Gasteiger partial charge on any atom is 0.0641 e. The third-order valence-electron chi connectivity index (χ3n) is 1.61. The molecule has 2 nitrogen and oxygen atoms in total. The number of benzene rings is 1. The van der Waals surface area contributed by atoms with E-state index in [0.29, 0.717) is 6.42 Å². The topological polar surface area (TPSA) is 49.8 Å². The van der Waals surface area contributed by atoms with Gasteiger partial charge in [0.25, 0.3) is 0 Å². The van der Waals surface area contributed by atoms with Gasteiger partial charge in [0.15, 0.2) is 0 Å². The quantitative estimate of drug-likeness (QED) is 0.679. The van der Waals surface area contributed by atoms with Gasteiger partial charge in [-0.15, -0.1) is 12.6 Å². The van der Waals surface area contributed by atoms with Gasteiger partial charge >= 0.3 is 0 Å². The Morgan fingerprint density at radius 3 is 2.92 bits per heavy atom. The van der Waals surface area contributed by atoms with Gasteiger partial charge in [-0.05, 0) is 17.7 Å². The molecule has 0 spiro atoms. The molecule has 1 rings (SSSR count). The number of hydrogen-bond donors (Lipinski definition) is 2. The summed E-state index contributed by atoms with van der Waals surface area (Å²) in [6, 6.07) is 9.39. The van der Waals surface area contributed by atoms with E-state index < -0.39 is 0 Å². The van der Waals surface area contributed by atoms with Crippen molar-refractivity contribution in [3.05, 3.63) is 29.8 Å². The Kier molecular flexibility index (Phi) is 3.15.